The van der Waals surface area contributed by atoms with Gasteiger partial charge in [-0.15, -0.1) is 0 Å². The topological polar surface area (TPSA) is 145 Å². The van der Waals surface area contributed by atoms with Gasteiger partial charge in [0, 0.05) is 52.7 Å². The van der Waals surface area contributed by atoms with E-state index in [2.05, 4.69) is 15.3 Å². The Kier molecular flexibility index (Phi) is 4.27. The molecule has 6 rings (SSSR count). The number of amides is 2. The molecule has 10 nitrogen and oxygen atoms in total. The van der Waals surface area contributed by atoms with Gasteiger partial charge in [0.15, 0.2) is 5.69 Å². The molecule has 34 heavy (non-hydrogen) atoms. The monoisotopic (exact) mass is 476 g/mol. The van der Waals surface area contributed by atoms with E-state index in [0.717, 1.165) is 5.56 Å². The Bertz CT molecular complexity index is 1630. The first-order valence-electron chi connectivity index (χ1n) is 10.5. The fraction of sp³-hybridized carbons (Fsp3) is 0.130. The molecule has 0 saturated carbocycles. The van der Waals surface area contributed by atoms with E-state index in [0.29, 0.717) is 39.8 Å². The number of nitrogens with zero attached hydrogens (tertiary/aromatic N) is 3. The number of pyridine rings is 1. The Balaban J connectivity index is 1.69. The van der Waals surface area contributed by atoms with Crippen LogP contribution in [0.3, 0.4) is 0 Å². The summed E-state index contributed by atoms with van der Waals surface area (Å²) < 4.78 is 30.8. The van der Waals surface area contributed by atoms with Gasteiger partial charge in [-0.2, -0.15) is 17.4 Å². The number of hydrogen-bond acceptors (Lipinski definition) is 7. The number of quaternary nitrogens is 1. The predicted molar refractivity (Wildman–Crippen MR) is 125 cm³/mol. The van der Waals surface area contributed by atoms with Gasteiger partial charge in [-0.1, -0.05) is 12.1 Å². The third-order valence-electron chi connectivity index (χ3n) is 6.56. The maximum absolute atomic E-state index is 13.1. The van der Waals surface area contributed by atoms with Crippen LogP contribution in [0.2, 0.25) is 0 Å². The quantitative estimate of drug-likeness (QED) is 0.432. The summed E-state index contributed by atoms with van der Waals surface area (Å²) in [5.74, 6) is -1.22. The summed E-state index contributed by atoms with van der Waals surface area (Å²) in [4.78, 5) is 34.6. The minimum Gasteiger partial charge on any atom is -0.464 e. The molecule has 1 unspecified atom stereocenters. The lowest BCUT2D eigenvalue weighted by atomic mass is 9.90. The molecule has 0 fully saturated rings. The van der Waals surface area contributed by atoms with Crippen molar-refractivity contribution in [3.63, 3.8) is 0 Å². The second-order valence-electron chi connectivity index (χ2n) is 8.31. The number of rotatable bonds is 3. The minimum atomic E-state index is -4.09. The molecule has 2 aromatic heterocycles. The van der Waals surface area contributed by atoms with Crippen molar-refractivity contribution >= 4 is 56.0 Å². The van der Waals surface area contributed by atoms with Crippen LogP contribution in [0, 0.1) is 0 Å². The summed E-state index contributed by atoms with van der Waals surface area (Å²) in [6.07, 6.45) is 7.98. The number of carbonyl (C=O) groups excluding carboxylic acids is 2. The number of aromatic nitrogens is 1. The van der Waals surface area contributed by atoms with Crippen LogP contribution in [-0.4, -0.2) is 44.5 Å². The molecule has 2 amide bonds. The van der Waals surface area contributed by atoms with Crippen LogP contribution in [-0.2, 0) is 26.2 Å². The standard InChI is InChI=1S/C23H17N5O5S/c24-34(31,32)28-7-4-13-2-1-3-15(20(13)28)16(11-25-6-8-28)18-19(23(30)27-22(18)29)17-12-26-10-14-5-9-33-21(14)17/h1-3,5-6,9-12H,4,7-8H2,(H2-,24,27,29,30,31,32)/p+1. The number of imide groups is 1. The number of para-hydroxylation sites is 1. The number of nitrogens with two attached hydrogens (primary N) is 1. The second-order valence-corrected chi connectivity index (χ2v) is 10.0. The van der Waals surface area contributed by atoms with Gasteiger partial charge < -0.3 is 4.42 Å². The highest BCUT2D eigenvalue weighted by atomic mass is 32.2. The molecule has 0 radical (unpaired) electrons. The summed E-state index contributed by atoms with van der Waals surface area (Å²) in [6.45, 7) is 0.302. The molecule has 0 aliphatic carbocycles. The van der Waals surface area contributed by atoms with Crippen LogP contribution in [0.5, 0.6) is 0 Å². The summed E-state index contributed by atoms with van der Waals surface area (Å²) >= 11 is 0. The van der Waals surface area contributed by atoms with Crippen LogP contribution in [0.15, 0.2) is 64.1 Å². The maximum Gasteiger partial charge on any atom is 0.372 e. The summed E-state index contributed by atoms with van der Waals surface area (Å²) in [6, 6.07) is 7.08. The molecule has 0 saturated heterocycles. The molecule has 170 valence electrons. The van der Waals surface area contributed by atoms with Crippen molar-refractivity contribution in [2.24, 2.45) is 10.1 Å². The zero-order valence-electron chi connectivity index (χ0n) is 17.7. The Morgan fingerprint density at radius 1 is 1.06 bits per heavy atom. The molecule has 5 heterocycles. The number of furan rings is 1. The van der Waals surface area contributed by atoms with E-state index < -0.39 is 25.9 Å². The van der Waals surface area contributed by atoms with Gasteiger partial charge in [-0.05, 0) is 12.1 Å². The molecule has 0 bridgehead atoms. The van der Waals surface area contributed by atoms with E-state index >= 15 is 0 Å². The average molecular weight is 476 g/mol. The van der Waals surface area contributed by atoms with E-state index in [4.69, 9.17) is 9.56 Å². The molecule has 3 aliphatic heterocycles. The highest BCUT2D eigenvalue weighted by molar-refractivity contribution is 7.88. The number of benzene rings is 1. The molecule has 3 aromatic rings. The second kappa shape index (κ2) is 7.03. The first-order chi connectivity index (χ1) is 16.3. The third-order valence-corrected chi connectivity index (χ3v) is 8.05. The van der Waals surface area contributed by atoms with Gasteiger partial charge in [0.1, 0.15) is 18.7 Å². The SMILES string of the molecule is NS(=O)(=O)[N+]12CC=NC=C(C3=C(c4cncc5ccoc45)C(=O)NC3=O)c3cccc(c31)CC2. The fourth-order valence-corrected chi connectivity index (χ4v) is 6.15. The number of carbonyl (C=O) groups is 2. The van der Waals surface area contributed by atoms with E-state index in [-0.39, 0.29) is 24.2 Å². The van der Waals surface area contributed by atoms with Crippen LogP contribution in [0.1, 0.15) is 16.7 Å². The molecule has 1 aromatic carbocycles. The van der Waals surface area contributed by atoms with Gasteiger partial charge in [0.25, 0.3) is 11.8 Å². The van der Waals surface area contributed by atoms with Crippen molar-refractivity contribution < 1.29 is 22.4 Å². The van der Waals surface area contributed by atoms with E-state index in [9.17, 15) is 18.0 Å². The minimum absolute atomic E-state index is 0.0548. The number of fused-ring (bicyclic) bond motifs is 1. The molecular formula is C23H18N5O5S+. The molecule has 11 heteroatoms. The molecule has 1 atom stereocenters. The van der Waals surface area contributed by atoms with Crippen LogP contribution >= 0.6 is 0 Å². The smallest absolute Gasteiger partial charge is 0.372 e. The first-order valence-corrected chi connectivity index (χ1v) is 12.0. The number of aliphatic imine (C=N–C) groups is 1. The summed E-state index contributed by atoms with van der Waals surface area (Å²) in [7, 11) is -4.09. The van der Waals surface area contributed by atoms with Crippen molar-refractivity contribution in [2.75, 3.05) is 13.1 Å². The normalized spacial score (nSPS) is 22.0. The first kappa shape index (κ1) is 20.7. The van der Waals surface area contributed by atoms with Crippen molar-refractivity contribution in [3.8, 4) is 0 Å². The largest absolute Gasteiger partial charge is 0.464 e. The molecule has 3 aliphatic rings. The number of hydrogen-bond donors (Lipinski definition) is 2. The van der Waals surface area contributed by atoms with E-state index in [1.807, 2.05) is 6.07 Å². The molecular weight excluding hydrogens is 458 g/mol. The zero-order chi connectivity index (χ0) is 23.7. The third kappa shape index (κ3) is 2.71. The lowest BCUT2D eigenvalue weighted by molar-refractivity contribution is -0.123. The summed E-state index contributed by atoms with van der Waals surface area (Å²) in [5.41, 5.74) is 3.04. The predicted octanol–water partition coefficient (Wildman–Crippen LogP) is 1.43. The Hall–Kier alpha value is -3.93. The highest BCUT2D eigenvalue weighted by Crippen LogP contribution is 2.46. The van der Waals surface area contributed by atoms with Crippen molar-refractivity contribution in [1.29, 1.82) is 0 Å². The Morgan fingerprint density at radius 3 is 2.71 bits per heavy atom. The van der Waals surface area contributed by atoms with Crippen molar-refractivity contribution in [1.82, 2.24) is 14.2 Å². The van der Waals surface area contributed by atoms with Gasteiger partial charge in [0.2, 0.25) is 0 Å². The van der Waals surface area contributed by atoms with E-state index in [1.165, 1.54) is 24.9 Å². The lowest BCUT2D eigenvalue weighted by Gasteiger charge is -2.31. The highest BCUT2D eigenvalue weighted by Gasteiger charge is 2.50. The zero-order valence-corrected chi connectivity index (χ0v) is 18.5. The summed E-state index contributed by atoms with van der Waals surface area (Å²) in [5, 5.41) is 8.77. The fourth-order valence-electron chi connectivity index (χ4n) is 5.06. The van der Waals surface area contributed by atoms with Gasteiger partial charge in [0.05, 0.1) is 23.6 Å². The van der Waals surface area contributed by atoms with Crippen molar-refractivity contribution in [3.05, 3.63) is 71.4 Å². The van der Waals surface area contributed by atoms with Gasteiger partial charge in [-0.25, -0.2) is 0 Å². The van der Waals surface area contributed by atoms with Gasteiger partial charge in [-0.3, -0.25) is 24.9 Å². The van der Waals surface area contributed by atoms with Crippen LogP contribution in [0.25, 0.3) is 22.1 Å². The maximum atomic E-state index is 13.1. The molecule has 3 N–H and O–H groups in total. The van der Waals surface area contributed by atoms with Crippen LogP contribution in [0.4, 0.5) is 5.69 Å². The van der Waals surface area contributed by atoms with E-state index in [1.54, 1.807) is 24.4 Å². The van der Waals surface area contributed by atoms with Crippen LogP contribution < -0.4 is 14.3 Å². The Morgan fingerprint density at radius 2 is 1.88 bits per heavy atom. The Labute approximate surface area is 193 Å². The average Bonchev–Trinajstić information content (AvgIpc) is 3.48. The van der Waals surface area contributed by atoms with Crippen molar-refractivity contribution in [2.45, 2.75) is 6.42 Å². The number of nitrogens with one attached hydrogen (secondary N) is 1. The molecule has 0 spiro atoms. The van der Waals surface area contributed by atoms with Gasteiger partial charge >= 0.3 is 10.2 Å². The lowest BCUT2D eigenvalue weighted by Crippen LogP contribution is -2.57.